The summed E-state index contributed by atoms with van der Waals surface area (Å²) in [6.07, 6.45) is 2.68. The van der Waals surface area contributed by atoms with E-state index in [0.29, 0.717) is 12.5 Å². The van der Waals surface area contributed by atoms with E-state index in [1.54, 1.807) is 6.92 Å². The minimum Gasteiger partial charge on any atom is -0.480 e. The van der Waals surface area contributed by atoms with E-state index in [-0.39, 0.29) is 0 Å². The molecule has 1 aromatic carbocycles. The summed E-state index contributed by atoms with van der Waals surface area (Å²) < 4.78 is 1.01. The van der Waals surface area contributed by atoms with Gasteiger partial charge in [0.15, 0.2) is 0 Å². The number of nitrogens with one attached hydrogen (secondary N) is 1. The first-order valence-corrected chi connectivity index (χ1v) is 6.54. The number of halogens is 1. The first-order valence-electron chi connectivity index (χ1n) is 5.75. The lowest BCUT2D eigenvalue weighted by atomic mass is 9.92. The molecule has 92 valence electrons. The molecule has 0 aliphatic heterocycles. The third-order valence-electron chi connectivity index (χ3n) is 3.04. The molecule has 1 aromatic rings. The number of hydrogen-bond donors (Lipinski definition) is 2. The fourth-order valence-electron chi connectivity index (χ4n) is 1.88. The molecule has 3 nitrogen and oxygen atoms in total. The molecule has 0 amide bonds. The van der Waals surface area contributed by atoms with Gasteiger partial charge in [-0.15, -0.1) is 0 Å². The Hall–Kier alpha value is -0.870. The minimum atomic E-state index is -0.866. The Balaban J connectivity index is 2.11. The Bertz CT molecular complexity index is 414. The van der Waals surface area contributed by atoms with Gasteiger partial charge in [-0.05, 0) is 37.5 Å². The molecule has 17 heavy (non-hydrogen) atoms. The van der Waals surface area contributed by atoms with E-state index >= 15 is 0 Å². The third-order valence-corrected chi connectivity index (χ3v) is 3.57. The summed E-state index contributed by atoms with van der Waals surface area (Å²) in [5.41, 5.74) is 0.167. The highest BCUT2D eigenvalue weighted by Gasteiger charge is 2.38. The van der Waals surface area contributed by atoms with E-state index in [1.807, 2.05) is 24.3 Å². The number of carboxylic acids is 1. The number of rotatable bonds is 5. The molecule has 1 aliphatic rings. The third kappa shape index (κ3) is 3.30. The predicted molar refractivity (Wildman–Crippen MR) is 70.0 cm³/mol. The quantitative estimate of drug-likeness (QED) is 0.878. The van der Waals surface area contributed by atoms with Crippen LogP contribution in [0, 0.1) is 0 Å². The summed E-state index contributed by atoms with van der Waals surface area (Å²) in [6, 6.07) is 8.18. The molecular formula is C13H16BrNO2. The van der Waals surface area contributed by atoms with Gasteiger partial charge in [-0.1, -0.05) is 28.1 Å². The number of carboxylic acid groups (broad SMARTS) is 1. The second-order valence-corrected chi connectivity index (χ2v) is 5.77. The molecule has 1 atom stereocenters. The molecule has 4 heteroatoms. The van der Waals surface area contributed by atoms with E-state index in [0.717, 1.165) is 22.9 Å². The lowest BCUT2D eigenvalue weighted by Crippen LogP contribution is -2.52. The first-order chi connectivity index (χ1) is 7.99. The number of hydrogen-bond acceptors (Lipinski definition) is 2. The van der Waals surface area contributed by atoms with Crippen molar-refractivity contribution in [3.63, 3.8) is 0 Å². The Morgan fingerprint density at radius 1 is 1.47 bits per heavy atom. The van der Waals surface area contributed by atoms with Crippen LogP contribution < -0.4 is 5.32 Å². The molecule has 0 aromatic heterocycles. The smallest absolute Gasteiger partial charge is 0.323 e. The van der Waals surface area contributed by atoms with Crippen molar-refractivity contribution in [3.05, 3.63) is 34.3 Å². The number of carbonyl (C=O) groups is 1. The van der Waals surface area contributed by atoms with Crippen molar-refractivity contribution in [2.45, 2.75) is 37.8 Å². The van der Waals surface area contributed by atoms with Crippen molar-refractivity contribution in [1.29, 1.82) is 0 Å². The summed E-state index contributed by atoms with van der Waals surface area (Å²) in [5, 5.41) is 12.6. The molecule has 1 saturated carbocycles. The Morgan fingerprint density at radius 3 is 2.53 bits per heavy atom. The van der Waals surface area contributed by atoms with E-state index in [1.165, 1.54) is 0 Å². The van der Waals surface area contributed by atoms with Crippen LogP contribution in [0.5, 0.6) is 0 Å². The maximum atomic E-state index is 11.4. The lowest BCUT2D eigenvalue weighted by molar-refractivity contribution is -0.144. The van der Waals surface area contributed by atoms with Gasteiger partial charge in [-0.2, -0.15) is 0 Å². The maximum absolute atomic E-state index is 11.4. The fraction of sp³-hybridized carbons (Fsp3) is 0.462. The molecule has 1 unspecified atom stereocenters. The zero-order valence-electron chi connectivity index (χ0n) is 9.74. The van der Waals surface area contributed by atoms with Crippen LogP contribution in [0.4, 0.5) is 0 Å². The van der Waals surface area contributed by atoms with Crippen LogP contribution in [0.1, 0.15) is 25.3 Å². The van der Waals surface area contributed by atoms with Crippen LogP contribution in [-0.4, -0.2) is 22.7 Å². The zero-order chi connectivity index (χ0) is 12.5. The molecule has 0 heterocycles. The molecule has 2 rings (SSSR count). The lowest BCUT2D eigenvalue weighted by Gasteiger charge is -2.26. The van der Waals surface area contributed by atoms with Gasteiger partial charge >= 0.3 is 5.97 Å². The van der Waals surface area contributed by atoms with Gasteiger partial charge in [-0.3, -0.25) is 10.1 Å². The summed E-state index contributed by atoms with van der Waals surface area (Å²) in [5.74, 6) is -0.785. The highest BCUT2D eigenvalue weighted by atomic mass is 79.9. The average molecular weight is 298 g/mol. The van der Waals surface area contributed by atoms with Crippen molar-refractivity contribution in [1.82, 2.24) is 5.32 Å². The number of benzene rings is 1. The van der Waals surface area contributed by atoms with Gasteiger partial charge in [0.05, 0.1) is 0 Å². The molecular weight excluding hydrogens is 282 g/mol. The minimum absolute atomic E-state index is 0.381. The highest BCUT2D eigenvalue weighted by molar-refractivity contribution is 9.10. The maximum Gasteiger partial charge on any atom is 0.323 e. The van der Waals surface area contributed by atoms with Crippen molar-refractivity contribution < 1.29 is 9.90 Å². The number of aliphatic carboxylic acids is 1. The van der Waals surface area contributed by atoms with Crippen LogP contribution in [0.25, 0.3) is 0 Å². The van der Waals surface area contributed by atoms with Gasteiger partial charge in [0.2, 0.25) is 0 Å². The average Bonchev–Trinajstić information content (AvgIpc) is 3.05. The van der Waals surface area contributed by atoms with Gasteiger partial charge in [0, 0.05) is 16.9 Å². The van der Waals surface area contributed by atoms with Crippen LogP contribution in [0.3, 0.4) is 0 Å². The molecule has 0 spiro atoms. The monoisotopic (exact) mass is 297 g/mol. The van der Waals surface area contributed by atoms with Crippen molar-refractivity contribution in [2.75, 3.05) is 0 Å². The zero-order valence-corrected chi connectivity index (χ0v) is 11.3. The molecule has 0 radical (unpaired) electrons. The van der Waals surface area contributed by atoms with Gasteiger partial charge < -0.3 is 5.11 Å². The Morgan fingerprint density at radius 2 is 2.06 bits per heavy atom. The van der Waals surface area contributed by atoms with E-state index in [2.05, 4.69) is 21.2 Å². The van der Waals surface area contributed by atoms with Crippen LogP contribution in [-0.2, 0) is 11.2 Å². The SMILES string of the molecule is CC(Cc1ccc(Br)cc1)(NC1CC1)C(=O)O. The summed E-state index contributed by atoms with van der Waals surface area (Å²) in [6.45, 7) is 1.76. The van der Waals surface area contributed by atoms with E-state index in [4.69, 9.17) is 0 Å². The second-order valence-electron chi connectivity index (χ2n) is 4.86. The van der Waals surface area contributed by atoms with Gasteiger partial charge in [0.1, 0.15) is 5.54 Å². The highest BCUT2D eigenvalue weighted by Crippen LogP contribution is 2.25. The molecule has 0 bridgehead atoms. The van der Waals surface area contributed by atoms with Crippen molar-refractivity contribution in [3.8, 4) is 0 Å². The molecule has 1 fully saturated rings. The van der Waals surface area contributed by atoms with Crippen LogP contribution >= 0.6 is 15.9 Å². The Labute approximate surface area is 109 Å². The van der Waals surface area contributed by atoms with Gasteiger partial charge in [0.25, 0.3) is 0 Å². The fourth-order valence-corrected chi connectivity index (χ4v) is 2.14. The van der Waals surface area contributed by atoms with E-state index < -0.39 is 11.5 Å². The van der Waals surface area contributed by atoms with Gasteiger partial charge in [-0.25, -0.2) is 0 Å². The largest absolute Gasteiger partial charge is 0.480 e. The first kappa shape index (κ1) is 12.6. The topological polar surface area (TPSA) is 49.3 Å². The summed E-state index contributed by atoms with van der Waals surface area (Å²) >= 11 is 3.37. The molecule has 0 saturated heterocycles. The van der Waals surface area contributed by atoms with Crippen LogP contribution in [0.2, 0.25) is 0 Å². The van der Waals surface area contributed by atoms with Crippen molar-refractivity contribution in [2.24, 2.45) is 0 Å². The molecule has 1 aliphatic carbocycles. The summed E-state index contributed by atoms with van der Waals surface area (Å²) in [7, 11) is 0. The Kier molecular flexibility index (Phi) is 3.54. The molecule has 2 N–H and O–H groups in total. The predicted octanol–water partition coefficient (Wildman–Crippen LogP) is 2.59. The van der Waals surface area contributed by atoms with E-state index in [9.17, 15) is 9.90 Å². The second kappa shape index (κ2) is 4.78. The van der Waals surface area contributed by atoms with Crippen LogP contribution in [0.15, 0.2) is 28.7 Å². The normalized spacial score (nSPS) is 18.7. The van der Waals surface area contributed by atoms with Crippen molar-refractivity contribution >= 4 is 21.9 Å². The standard InChI is InChI=1S/C13H16BrNO2/c1-13(12(16)17,15-11-6-7-11)8-9-2-4-10(14)5-3-9/h2-5,11,15H,6-8H2,1H3,(H,16,17). The summed E-state index contributed by atoms with van der Waals surface area (Å²) in [4.78, 5) is 11.4.